The molecule has 27 heavy (non-hydrogen) atoms. The number of aromatic nitrogens is 2. The van der Waals surface area contributed by atoms with E-state index in [0.29, 0.717) is 12.2 Å². The summed E-state index contributed by atoms with van der Waals surface area (Å²) in [4.78, 5) is 6.81. The van der Waals surface area contributed by atoms with Gasteiger partial charge in [-0.15, -0.1) is 0 Å². The van der Waals surface area contributed by atoms with Gasteiger partial charge in [-0.3, -0.25) is 9.67 Å². The van der Waals surface area contributed by atoms with Crippen molar-refractivity contribution in [2.45, 2.75) is 64.7 Å². The lowest BCUT2D eigenvalue weighted by Gasteiger charge is -2.35. The van der Waals surface area contributed by atoms with E-state index in [1.165, 1.54) is 24.1 Å². The first-order chi connectivity index (χ1) is 13.1. The minimum Gasteiger partial charge on any atom is -0.376 e. The van der Waals surface area contributed by atoms with E-state index in [0.717, 1.165) is 63.8 Å². The van der Waals surface area contributed by atoms with Crippen molar-refractivity contribution in [3.8, 4) is 0 Å². The minimum absolute atomic E-state index is 0.303. The van der Waals surface area contributed by atoms with Gasteiger partial charge < -0.3 is 19.7 Å². The molecule has 1 aromatic heterocycles. The van der Waals surface area contributed by atoms with Crippen molar-refractivity contribution in [1.29, 1.82) is 0 Å². The van der Waals surface area contributed by atoms with Crippen LogP contribution in [0.25, 0.3) is 0 Å². The van der Waals surface area contributed by atoms with Gasteiger partial charge in [-0.2, -0.15) is 5.10 Å². The second-order valence-electron chi connectivity index (χ2n) is 7.68. The standard InChI is InChI=1S/C20H35N5O2/c1-15-19(16(2)24(4)23-15)13-22-20(21-3)25-10-8-17(9-11-25)27-14-18-7-5-6-12-26-18/h17-18H,5-14H2,1-4H3,(H,21,22). The van der Waals surface area contributed by atoms with Gasteiger partial charge in [0.25, 0.3) is 0 Å². The number of aryl methyl sites for hydroxylation is 2. The molecule has 1 N–H and O–H groups in total. The molecule has 152 valence electrons. The van der Waals surface area contributed by atoms with Crippen LogP contribution in [0.3, 0.4) is 0 Å². The van der Waals surface area contributed by atoms with Gasteiger partial charge in [0.2, 0.25) is 0 Å². The molecule has 2 saturated heterocycles. The summed E-state index contributed by atoms with van der Waals surface area (Å²) in [5.41, 5.74) is 3.53. The van der Waals surface area contributed by atoms with Gasteiger partial charge in [-0.1, -0.05) is 0 Å². The molecule has 0 aromatic carbocycles. The molecular weight excluding hydrogens is 342 g/mol. The number of hydrogen-bond acceptors (Lipinski definition) is 4. The van der Waals surface area contributed by atoms with Crippen LogP contribution in [0.5, 0.6) is 0 Å². The molecule has 1 aromatic rings. The molecule has 2 fully saturated rings. The lowest BCUT2D eigenvalue weighted by Crippen LogP contribution is -2.47. The van der Waals surface area contributed by atoms with Gasteiger partial charge >= 0.3 is 0 Å². The molecule has 3 heterocycles. The summed E-state index contributed by atoms with van der Waals surface area (Å²) < 4.78 is 13.8. The molecule has 0 radical (unpaired) electrons. The molecule has 3 rings (SSSR count). The Hall–Kier alpha value is -1.60. The summed E-state index contributed by atoms with van der Waals surface area (Å²) in [6, 6.07) is 0. The molecule has 0 spiro atoms. The fourth-order valence-corrected chi connectivity index (χ4v) is 3.99. The Balaban J connectivity index is 1.43. The molecule has 0 saturated carbocycles. The van der Waals surface area contributed by atoms with Crippen molar-refractivity contribution in [3.05, 3.63) is 17.0 Å². The van der Waals surface area contributed by atoms with E-state index in [4.69, 9.17) is 9.47 Å². The highest BCUT2D eigenvalue weighted by Gasteiger charge is 2.24. The lowest BCUT2D eigenvalue weighted by molar-refractivity contribution is -0.0721. The Kier molecular flexibility index (Phi) is 7.13. The highest BCUT2D eigenvalue weighted by Crippen LogP contribution is 2.18. The average molecular weight is 378 g/mol. The molecule has 0 bridgehead atoms. The highest BCUT2D eigenvalue weighted by atomic mass is 16.5. The van der Waals surface area contributed by atoms with Crippen molar-refractivity contribution in [2.75, 3.05) is 33.4 Å². The van der Waals surface area contributed by atoms with E-state index < -0.39 is 0 Å². The molecule has 0 amide bonds. The third-order valence-electron chi connectivity index (χ3n) is 5.83. The lowest BCUT2D eigenvalue weighted by atomic mass is 10.1. The number of aliphatic imine (C=N–C) groups is 1. The zero-order valence-electron chi connectivity index (χ0n) is 17.3. The summed E-state index contributed by atoms with van der Waals surface area (Å²) in [6.07, 6.45) is 6.33. The van der Waals surface area contributed by atoms with Gasteiger partial charge in [-0.25, -0.2) is 0 Å². The highest BCUT2D eigenvalue weighted by molar-refractivity contribution is 5.80. The monoisotopic (exact) mass is 377 g/mol. The van der Waals surface area contributed by atoms with E-state index >= 15 is 0 Å². The average Bonchev–Trinajstić information content (AvgIpc) is 2.94. The van der Waals surface area contributed by atoms with Crippen molar-refractivity contribution in [1.82, 2.24) is 20.0 Å². The Labute approximate surface area is 163 Å². The molecule has 0 aliphatic carbocycles. The number of nitrogens with zero attached hydrogens (tertiary/aromatic N) is 4. The molecule has 7 heteroatoms. The predicted molar refractivity (Wildman–Crippen MR) is 107 cm³/mol. The topological polar surface area (TPSA) is 63.9 Å². The number of likely N-dealkylation sites (tertiary alicyclic amines) is 1. The van der Waals surface area contributed by atoms with E-state index in [1.54, 1.807) is 0 Å². The Morgan fingerprint density at radius 2 is 2.04 bits per heavy atom. The second-order valence-corrected chi connectivity index (χ2v) is 7.68. The first-order valence-electron chi connectivity index (χ1n) is 10.3. The number of piperidine rings is 1. The number of guanidine groups is 1. The zero-order chi connectivity index (χ0) is 19.2. The molecule has 1 atom stereocenters. The van der Waals surface area contributed by atoms with Crippen LogP contribution in [0.15, 0.2) is 4.99 Å². The van der Waals surface area contributed by atoms with Crippen LogP contribution in [-0.4, -0.2) is 66.2 Å². The van der Waals surface area contributed by atoms with Gasteiger partial charge in [0.05, 0.1) is 24.5 Å². The summed E-state index contributed by atoms with van der Waals surface area (Å²) in [5.74, 6) is 0.965. The number of rotatable bonds is 5. The summed E-state index contributed by atoms with van der Waals surface area (Å²) in [5, 5.41) is 8.00. The third-order valence-corrected chi connectivity index (χ3v) is 5.83. The van der Waals surface area contributed by atoms with Crippen LogP contribution < -0.4 is 5.32 Å². The number of hydrogen-bond donors (Lipinski definition) is 1. The Morgan fingerprint density at radius 1 is 1.26 bits per heavy atom. The maximum absolute atomic E-state index is 6.12. The third kappa shape index (κ3) is 5.23. The van der Waals surface area contributed by atoms with Crippen LogP contribution >= 0.6 is 0 Å². The maximum atomic E-state index is 6.12. The Bertz CT molecular complexity index is 629. The van der Waals surface area contributed by atoms with Crippen molar-refractivity contribution >= 4 is 5.96 Å². The van der Waals surface area contributed by atoms with Crippen molar-refractivity contribution in [3.63, 3.8) is 0 Å². The summed E-state index contributed by atoms with van der Waals surface area (Å²) in [6.45, 7) is 8.52. The smallest absolute Gasteiger partial charge is 0.193 e. The van der Waals surface area contributed by atoms with E-state index in [2.05, 4.69) is 34.2 Å². The van der Waals surface area contributed by atoms with Gasteiger partial charge in [0.1, 0.15) is 0 Å². The largest absolute Gasteiger partial charge is 0.376 e. The van der Waals surface area contributed by atoms with Crippen LogP contribution in [0.2, 0.25) is 0 Å². The van der Waals surface area contributed by atoms with Crippen LogP contribution in [0.4, 0.5) is 0 Å². The van der Waals surface area contributed by atoms with Crippen molar-refractivity contribution < 1.29 is 9.47 Å². The van der Waals surface area contributed by atoms with Gasteiger partial charge in [-0.05, 0) is 46.0 Å². The molecule has 2 aliphatic heterocycles. The zero-order valence-corrected chi connectivity index (χ0v) is 17.3. The first kappa shape index (κ1) is 20.1. The first-order valence-corrected chi connectivity index (χ1v) is 10.3. The SMILES string of the molecule is CN=C(NCc1c(C)nn(C)c1C)N1CCC(OCC2CCCCO2)CC1. The fraction of sp³-hybridized carbons (Fsp3) is 0.800. The summed E-state index contributed by atoms with van der Waals surface area (Å²) >= 11 is 0. The summed E-state index contributed by atoms with van der Waals surface area (Å²) in [7, 11) is 3.85. The molecule has 1 unspecified atom stereocenters. The second kappa shape index (κ2) is 9.55. The van der Waals surface area contributed by atoms with Gasteiger partial charge in [0, 0.05) is 51.6 Å². The predicted octanol–water partition coefficient (Wildman–Crippen LogP) is 2.16. The fourth-order valence-electron chi connectivity index (χ4n) is 3.99. The molecule has 7 nitrogen and oxygen atoms in total. The van der Waals surface area contributed by atoms with E-state index in [1.807, 2.05) is 18.8 Å². The number of ether oxygens (including phenoxy) is 2. The maximum Gasteiger partial charge on any atom is 0.193 e. The minimum atomic E-state index is 0.303. The van der Waals surface area contributed by atoms with Crippen LogP contribution in [0.1, 0.15) is 49.1 Å². The molecular formula is C20H35N5O2. The van der Waals surface area contributed by atoms with Crippen molar-refractivity contribution in [2.24, 2.45) is 12.0 Å². The Morgan fingerprint density at radius 3 is 2.63 bits per heavy atom. The molecule has 2 aliphatic rings. The number of nitrogens with one attached hydrogen (secondary N) is 1. The van der Waals surface area contributed by atoms with Crippen LogP contribution in [0, 0.1) is 13.8 Å². The van der Waals surface area contributed by atoms with Gasteiger partial charge in [0.15, 0.2) is 5.96 Å². The van der Waals surface area contributed by atoms with E-state index in [9.17, 15) is 0 Å². The normalized spacial score (nSPS) is 22.3. The van der Waals surface area contributed by atoms with E-state index in [-0.39, 0.29) is 0 Å². The van der Waals surface area contributed by atoms with Crippen LogP contribution in [-0.2, 0) is 23.1 Å². The quantitative estimate of drug-likeness (QED) is 0.629.